The van der Waals surface area contributed by atoms with Gasteiger partial charge in [0.05, 0.1) is 0 Å². The minimum Gasteiger partial charge on any atom is -0.392 e. The Kier molecular flexibility index (Phi) is 2.87. The minimum absolute atomic E-state index is 1.36. The van der Waals surface area contributed by atoms with E-state index >= 15 is 0 Å². The lowest BCUT2D eigenvalue weighted by atomic mass is 13.1. The molecule has 0 saturated heterocycles. The first-order valence-corrected chi connectivity index (χ1v) is 3.65. The Morgan fingerprint density at radius 2 is 2.00 bits per heavy atom. The van der Waals surface area contributed by atoms with E-state index < -0.39 is 26.2 Å². The van der Waals surface area contributed by atoms with E-state index in [4.69, 9.17) is 10.1 Å². The summed E-state index contributed by atoms with van der Waals surface area (Å²) in [6.07, 6.45) is 0. The van der Waals surface area contributed by atoms with E-state index in [0.29, 0.717) is 0 Å². The van der Waals surface area contributed by atoms with Crippen LogP contribution in [0.25, 0.3) is 0 Å². The fraction of sp³-hybridized carbons (Fsp3) is 0. The van der Waals surface area contributed by atoms with Crippen molar-refractivity contribution in [2.45, 2.75) is 0 Å². The Bertz CT molecular complexity index is 68.5. The summed E-state index contributed by atoms with van der Waals surface area (Å²) in [6.45, 7) is 0. The third-order valence-corrected chi connectivity index (χ3v) is 0.756. The van der Waals surface area contributed by atoms with E-state index in [1.807, 2.05) is 0 Å². The Morgan fingerprint density at radius 3 is 2.00 bits per heavy atom. The van der Waals surface area contributed by atoms with Gasteiger partial charge in [-0.15, -0.1) is 10.1 Å². The predicted molar refractivity (Wildman–Crippen MR) is 8.08 cm³/mol. The van der Waals surface area contributed by atoms with Crippen LogP contribution in [0.1, 0.15) is 0 Å². The Balaban J connectivity index is 3.13. The van der Waals surface area contributed by atoms with Crippen LogP contribution in [0, 0.1) is 10.1 Å². The minimum atomic E-state index is -4.07. The first-order chi connectivity index (χ1) is 3.13. The van der Waals surface area contributed by atoms with Gasteiger partial charge in [-0.3, -0.25) is 0 Å². The van der Waals surface area contributed by atoms with Crippen molar-refractivity contribution in [3.05, 3.63) is 10.1 Å². The van der Waals surface area contributed by atoms with Crippen molar-refractivity contribution in [2.75, 3.05) is 0 Å². The number of rotatable bonds is 2. The molecule has 7 heavy (non-hydrogen) atoms. The van der Waals surface area contributed by atoms with E-state index in [2.05, 4.69) is 3.17 Å². The van der Waals surface area contributed by atoms with E-state index in [1.165, 1.54) is 0 Å². The third kappa shape index (κ3) is 5.85. The van der Waals surface area contributed by atoms with Gasteiger partial charge in [-0.2, -0.15) is 0 Å². The maximum absolute atomic E-state index is 9.27. The molecule has 0 fully saturated rings. The molecule has 0 aromatic carbocycles. The molecule has 0 aliphatic rings. The molecule has 0 aliphatic heterocycles. The van der Waals surface area contributed by atoms with Crippen molar-refractivity contribution < 1.29 is 36.2 Å². The first kappa shape index (κ1) is 6.85. The van der Waals surface area contributed by atoms with E-state index in [1.54, 1.807) is 0 Å². The standard InChI is InChI=1S/INO5/c3-1(4)7-2(5)6. The van der Waals surface area contributed by atoms with Crippen molar-refractivity contribution in [3.63, 3.8) is 0 Å². The van der Waals surface area contributed by atoms with Gasteiger partial charge in [-0.05, 0) is 0 Å². The molecule has 7 heteroatoms. The van der Waals surface area contributed by atoms with Gasteiger partial charge >= 0.3 is 26.2 Å². The molecule has 0 spiro atoms. The Hall–Kier alpha value is -0.150. The number of hydrogen-bond donors (Lipinski definition) is 0. The molecule has 0 atom stereocenters. The van der Waals surface area contributed by atoms with Crippen molar-refractivity contribution in [1.82, 2.24) is 0 Å². The molecule has 0 amide bonds. The quantitative estimate of drug-likeness (QED) is 0.263. The van der Waals surface area contributed by atoms with Gasteiger partial charge in [0.1, 0.15) is 0 Å². The summed E-state index contributed by atoms with van der Waals surface area (Å²) in [6, 6.07) is 0. The highest BCUT2D eigenvalue weighted by Crippen LogP contribution is 1.48. The monoisotopic (exact) mass is 221 g/mol. The summed E-state index contributed by atoms with van der Waals surface area (Å²) in [5, 5.41) is 7.68. The second kappa shape index (κ2) is 2.93. The fourth-order valence-corrected chi connectivity index (χ4v) is 0.309. The zero-order chi connectivity index (χ0) is 5.86. The lowest BCUT2D eigenvalue weighted by Crippen LogP contribution is -3.99. The van der Waals surface area contributed by atoms with Crippen LogP contribution in [0.3, 0.4) is 0 Å². The van der Waals surface area contributed by atoms with Crippen molar-refractivity contribution >= 4 is 0 Å². The summed E-state index contributed by atoms with van der Waals surface area (Å²) in [5.74, 6) is 0. The molecule has 0 radical (unpaired) electrons. The molecule has 0 aromatic rings. The van der Waals surface area contributed by atoms with E-state index in [-0.39, 0.29) is 0 Å². The van der Waals surface area contributed by atoms with Gasteiger partial charge in [-0.1, -0.05) is 0 Å². The van der Waals surface area contributed by atoms with Gasteiger partial charge in [-0.25, -0.2) is 0 Å². The highest BCUT2D eigenvalue weighted by Gasteiger charge is 2.17. The molecule has 0 heterocycles. The summed E-state index contributed by atoms with van der Waals surface area (Å²) >= 11 is -4.07. The first-order valence-electron chi connectivity index (χ1n) is 1.01. The largest absolute Gasteiger partial charge is 0.579 e. The van der Waals surface area contributed by atoms with Gasteiger partial charge in [0.15, 0.2) is 0 Å². The SMILES string of the molecule is O=[N+]([O-])O[I+2]([O-])[O-]. The summed E-state index contributed by atoms with van der Waals surface area (Å²) in [4.78, 5) is 9.03. The molecule has 42 valence electrons. The number of nitrogens with zero attached hydrogens (tertiary/aromatic N) is 1. The van der Waals surface area contributed by atoms with E-state index in [0.717, 1.165) is 0 Å². The van der Waals surface area contributed by atoms with Gasteiger partial charge in [0.25, 0.3) is 0 Å². The molecule has 0 rings (SSSR count). The topological polar surface area (TPSA) is 98.5 Å². The molecule has 0 aliphatic carbocycles. The van der Waals surface area contributed by atoms with Crippen LogP contribution in [0.2, 0.25) is 0 Å². The molecule has 0 saturated carbocycles. The zero-order valence-electron chi connectivity index (χ0n) is 2.87. The Labute approximate surface area is 46.8 Å². The van der Waals surface area contributed by atoms with Crippen LogP contribution in [0.15, 0.2) is 0 Å². The molecule has 0 unspecified atom stereocenters. The molecule has 0 N–H and O–H groups in total. The van der Waals surface area contributed by atoms with Crippen LogP contribution in [-0.2, 0) is 3.17 Å². The summed E-state index contributed by atoms with van der Waals surface area (Å²) in [7, 11) is 0. The average molecular weight is 221 g/mol. The predicted octanol–water partition coefficient (Wildman–Crippen LogP) is -5.71. The van der Waals surface area contributed by atoms with Crippen LogP contribution in [-0.4, -0.2) is 5.09 Å². The van der Waals surface area contributed by atoms with E-state index in [9.17, 15) is 6.87 Å². The van der Waals surface area contributed by atoms with Crippen LogP contribution < -0.4 is 27.9 Å². The maximum Gasteiger partial charge on any atom is 0.579 e. The highest BCUT2D eigenvalue weighted by atomic mass is 127. The zero-order valence-corrected chi connectivity index (χ0v) is 5.02. The van der Waals surface area contributed by atoms with Gasteiger partial charge in [0.2, 0.25) is 0 Å². The molecule has 6 nitrogen and oxygen atoms in total. The fourth-order valence-electron chi connectivity index (χ4n) is 0.0460. The Morgan fingerprint density at radius 1 is 1.57 bits per heavy atom. The van der Waals surface area contributed by atoms with Crippen LogP contribution in [0.4, 0.5) is 0 Å². The van der Waals surface area contributed by atoms with Crippen molar-refractivity contribution in [3.8, 4) is 0 Å². The number of hydrogen-bond acceptors (Lipinski definition) is 5. The third-order valence-electron chi connectivity index (χ3n) is 0.113. The van der Waals surface area contributed by atoms with Gasteiger partial charge < -0.3 is 6.87 Å². The lowest BCUT2D eigenvalue weighted by Gasteiger charge is -1.79. The molecule has 0 bridgehead atoms. The van der Waals surface area contributed by atoms with Crippen LogP contribution in [0.5, 0.6) is 0 Å². The van der Waals surface area contributed by atoms with Crippen molar-refractivity contribution in [1.29, 1.82) is 0 Å². The van der Waals surface area contributed by atoms with Crippen molar-refractivity contribution in [2.24, 2.45) is 0 Å². The normalized spacial score (nSPS) is 9.00. The molecular weight excluding hydrogens is 221 g/mol. The number of halogens is 1. The van der Waals surface area contributed by atoms with Gasteiger partial charge in [0, 0.05) is 3.17 Å². The van der Waals surface area contributed by atoms with Crippen LogP contribution >= 0.6 is 0 Å². The maximum atomic E-state index is 9.27. The second-order valence-electron chi connectivity index (χ2n) is 0.482. The molecule has 0 aromatic heterocycles. The summed E-state index contributed by atoms with van der Waals surface area (Å²) < 4.78 is 21.6. The lowest BCUT2D eigenvalue weighted by molar-refractivity contribution is -1.67. The highest BCUT2D eigenvalue weighted by molar-refractivity contribution is 3.84. The molecular formula is INO5. The average Bonchev–Trinajstić information content (AvgIpc) is 1.27. The summed E-state index contributed by atoms with van der Waals surface area (Å²) in [5.41, 5.74) is 0. The smallest absolute Gasteiger partial charge is 0.392 e. The second-order valence-corrected chi connectivity index (χ2v) is 1.95.